The summed E-state index contributed by atoms with van der Waals surface area (Å²) in [6.07, 6.45) is -0.424. The molecular weight excluding hydrogens is 459 g/mol. The fraction of sp³-hybridized carbons (Fsp3) is 0.238. The fourth-order valence-corrected chi connectivity index (χ4v) is 3.36. The second-order valence-electron chi connectivity index (χ2n) is 7.49. The molecule has 1 fully saturated rings. The Morgan fingerprint density at radius 3 is 2.39 bits per heavy atom. The van der Waals surface area contributed by atoms with Gasteiger partial charge in [0.25, 0.3) is 17.5 Å². The van der Waals surface area contributed by atoms with Crippen LogP contribution in [0.5, 0.6) is 0 Å². The summed E-state index contributed by atoms with van der Waals surface area (Å²) in [7, 11) is 0. The van der Waals surface area contributed by atoms with Gasteiger partial charge < -0.3 is 0 Å². The highest BCUT2D eigenvalue weighted by Crippen LogP contribution is 2.29. The monoisotopic (exact) mass is 476 g/mol. The summed E-state index contributed by atoms with van der Waals surface area (Å²) >= 11 is 5.76. The van der Waals surface area contributed by atoms with Crippen LogP contribution in [0.15, 0.2) is 42.5 Å². The number of hydrogen-bond donors (Lipinski definition) is 1. The number of hydrazine groups is 1. The Kier molecular flexibility index (Phi) is 6.73. The van der Waals surface area contributed by atoms with Gasteiger partial charge in [-0.05, 0) is 30.3 Å². The van der Waals surface area contributed by atoms with E-state index in [1.165, 1.54) is 18.2 Å². The van der Waals surface area contributed by atoms with Gasteiger partial charge in [0.2, 0.25) is 11.8 Å². The number of nitrogens with one attached hydrogen (secondary N) is 1. The summed E-state index contributed by atoms with van der Waals surface area (Å²) in [5.41, 5.74) is 2.13. The number of non-ortho nitro benzene ring substituents is 1. The van der Waals surface area contributed by atoms with E-state index in [4.69, 9.17) is 11.6 Å². The zero-order valence-electron chi connectivity index (χ0n) is 17.5. The molecule has 12 heteroatoms. The number of hydrogen-bond acceptors (Lipinski definition) is 6. The topological polar surface area (TPSA) is 130 Å². The lowest BCUT2D eigenvalue weighted by molar-refractivity contribution is -0.384. The summed E-state index contributed by atoms with van der Waals surface area (Å²) in [6, 6.07) is 6.58. The molecule has 4 amide bonds. The number of rotatable bonds is 5. The number of nitro benzene ring substituents is 1. The lowest BCUT2D eigenvalue weighted by Gasteiger charge is -2.29. The molecule has 2 aromatic rings. The minimum Gasteiger partial charge on any atom is -0.274 e. The smallest absolute Gasteiger partial charge is 0.269 e. The summed E-state index contributed by atoms with van der Waals surface area (Å²) < 4.78 is 13.5. The number of imide groups is 1. The van der Waals surface area contributed by atoms with Crippen molar-refractivity contribution in [1.29, 1.82) is 0 Å². The number of nitro groups is 1. The van der Waals surface area contributed by atoms with Crippen molar-refractivity contribution in [2.45, 2.75) is 26.3 Å². The van der Waals surface area contributed by atoms with Crippen LogP contribution in [0, 0.1) is 21.8 Å². The third kappa shape index (κ3) is 4.82. The molecule has 0 bridgehead atoms. The van der Waals surface area contributed by atoms with E-state index in [-0.39, 0.29) is 22.0 Å². The summed E-state index contributed by atoms with van der Waals surface area (Å²) in [5.74, 6) is -4.28. The number of carbonyl (C=O) groups is 4. The van der Waals surface area contributed by atoms with Crippen molar-refractivity contribution in [1.82, 2.24) is 10.4 Å². The Labute approximate surface area is 192 Å². The van der Waals surface area contributed by atoms with E-state index in [1.54, 1.807) is 13.8 Å². The maximum atomic E-state index is 13.5. The number of halogens is 2. The molecule has 0 aromatic heterocycles. The van der Waals surface area contributed by atoms with E-state index in [9.17, 15) is 33.7 Å². The molecule has 10 nitrogen and oxygen atoms in total. The molecule has 172 valence electrons. The second-order valence-corrected chi connectivity index (χ2v) is 7.90. The van der Waals surface area contributed by atoms with Crippen LogP contribution >= 0.6 is 11.6 Å². The van der Waals surface area contributed by atoms with E-state index in [1.807, 2.05) is 0 Å². The lowest BCUT2D eigenvalue weighted by atomic mass is 10.1. The van der Waals surface area contributed by atoms with Crippen molar-refractivity contribution in [2.75, 3.05) is 4.90 Å². The Balaban J connectivity index is 1.89. The van der Waals surface area contributed by atoms with Gasteiger partial charge in [0, 0.05) is 23.6 Å². The zero-order valence-corrected chi connectivity index (χ0v) is 18.2. The highest BCUT2D eigenvalue weighted by Gasteiger charge is 2.45. The maximum Gasteiger partial charge on any atom is 0.269 e. The fourth-order valence-electron chi connectivity index (χ4n) is 3.19. The first-order valence-corrected chi connectivity index (χ1v) is 10.1. The normalized spacial score (nSPS) is 15.7. The molecule has 0 spiro atoms. The first kappa shape index (κ1) is 23.8. The number of carbonyl (C=O) groups excluding carboxylic acids is 4. The Hall–Kier alpha value is -3.86. The van der Waals surface area contributed by atoms with Crippen molar-refractivity contribution in [2.24, 2.45) is 5.92 Å². The zero-order chi connectivity index (χ0) is 24.4. The van der Waals surface area contributed by atoms with Crippen molar-refractivity contribution in [3.05, 3.63) is 69.0 Å². The third-order valence-electron chi connectivity index (χ3n) is 4.89. The Bertz CT molecular complexity index is 1150. The van der Waals surface area contributed by atoms with Gasteiger partial charge in [-0.3, -0.25) is 34.7 Å². The summed E-state index contributed by atoms with van der Waals surface area (Å²) in [5, 5.41) is 11.3. The average Bonchev–Trinajstić information content (AvgIpc) is 3.07. The van der Waals surface area contributed by atoms with E-state index >= 15 is 0 Å². The predicted octanol–water partition coefficient (Wildman–Crippen LogP) is 2.85. The molecular formula is C21H18ClFN4O6. The summed E-state index contributed by atoms with van der Waals surface area (Å²) in [4.78, 5) is 62.1. The van der Waals surface area contributed by atoms with Gasteiger partial charge in [-0.25, -0.2) is 14.3 Å². The van der Waals surface area contributed by atoms with Crippen molar-refractivity contribution >= 4 is 46.6 Å². The first-order chi connectivity index (χ1) is 15.5. The predicted molar refractivity (Wildman–Crippen MR) is 115 cm³/mol. The molecule has 1 aliphatic rings. The maximum absolute atomic E-state index is 13.5. The second kappa shape index (κ2) is 9.33. The Morgan fingerprint density at radius 1 is 1.21 bits per heavy atom. The molecule has 1 saturated heterocycles. The number of benzene rings is 2. The van der Waals surface area contributed by atoms with Gasteiger partial charge in [-0.2, -0.15) is 0 Å². The van der Waals surface area contributed by atoms with Crippen molar-refractivity contribution in [3.63, 3.8) is 0 Å². The number of nitrogens with zero attached hydrogens (tertiary/aromatic N) is 3. The van der Waals surface area contributed by atoms with Crippen molar-refractivity contribution in [3.8, 4) is 0 Å². The van der Waals surface area contributed by atoms with Crippen LogP contribution in [0.25, 0.3) is 0 Å². The SMILES string of the molecule is CC(C)C(=O)N(NC(=O)c1ccc([N+](=O)[O-])cc1)C1CC(=O)N(c2ccc(F)c(Cl)c2)C1=O. The minimum atomic E-state index is -1.35. The van der Waals surface area contributed by atoms with Crippen molar-refractivity contribution < 1.29 is 28.5 Å². The minimum absolute atomic E-state index is 0.00102. The molecule has 1 unspecified atom stereocenters. The molecule has 0 aliphatic carbocycles. The summed E-state index contributed by atoms with van der Waals surface area (Å²) in [6.45, 7) is 3.10. The van der Waals surface area contributed by atoms with Gasteiger partial charge in [-0.15, -0.1) is 0 Å². The van der Waals surface area contributed by atoms with Crippen LogP contribution in [-0.2, 0) is 14.4 Å². The molecule has 1 heterocycles. The van der Waals surface area contributed by atoms with Crippen LogP contribution in [0.1, 0.15) is 30.6 Å². The van der Waals surface area contributed by atoms with Gasteiger partial charge >= 0.3 is 0 Å². The van der Waals surface area contributed by atoms with Crippen LogP contribution in [0.3, 0.4) is 0 Å². The van der Waals surface area contributed by atoms with E-state index < -0.39 is 52.7 Å². The van der Waals surface area contributed by atoms with Gasteiger partial charge in [0.1, 0.15) is 11.9 Å². The number of amides is 4. The number of anilines is 1. The van der Waals surface area contributed by atoms with Gasteiger partial charge in [0.05, 0.1) is 22.1 Å². The molecule has 1 N–H and O–H groups in total. The van der Waals surface area contributed by atoms with Crippen LogP contribution < -0.4 is 10.3 Å². The molecule has 0 radical (unpaired) electrons. The largest absolute Gasteiger partial charge is 0.274 e. The van der Waals surface area contributed by atoms with Crippen LogP contribution in [-0.4, -0.2) is 39.6 Å². The Morgan fingerprint density at radius 2 is 1.85 bits per heavy atom. The molecule has 0 saturated carbocycles. The molecule has 33 heavy (non-hydrogen) atoms. The molecule has 1 aliphatic heterocycles. The van der Waals surface area contributed by atoms with Gasteiger partial charge in [0.15, 0.2) is 0 Å². The lowest BCUT2D eigenvalue weighted by Crippen LogP contribution is -2.55. The first-order valence-electron chi connectivity index (χ1n) is 9.71. The standard InChI is InChI=1S/C21H18ClFN4O6/c1-11(2)20(30)26(24-19(29)12-3-5-13(6-4-12)27(32)33)17-10-18(28)25(21(17)31)14-7-8-16(23)15(22)9-14/h3-9,11,17H,10H2,1-2H3,(H,24,29). The average molecular weight is 477 g/mol. The van der Waals surface area contributed by atoms with Gasteiger partial charge in [-0.1, -0.05) is 25.4 Å². The van der Waals surface area contributed by atoms with Crippen LogP contribution in [0.2, 0.25) is 5.02 Å². The third-order valence-corrected chi connectivity index (χ3v) is 5.18. The van der Waals surface area contributed by atoms with E-state index in [2.05, 4.69) is 5.43 Å². The van der Waals surface area contributed by atoms with E-state index in [0.29, 0.717) is 0 Å². The molecule has 3 rings (SSSR count). The van der Waals surface area contributed by atoms with E-state index in [0.717, 1.165) is 34.2 Å². The highest BCUT2D eigenvalue weighted by atomic mass is 35.5. The highest BCUT2D eigenvalue weighted by molar-refractivity contribution is 6.31. The van der Waals surface area contributed by atoms with Crippen LogP contribution in [0.4, 0.5) is 15.8 Å². The molecule has 2 aromatic carbocycles. The quantitative estimate of drug-likeness (QED) is 0.401. The molecule has 1 atom stereocenters.